The van der Waals surface area contributed by atoms with E-state index in [9.17, 15) is 9.59 Å². The molecule has 0 spiro atoms. The van der Waals surface area contributed by atoms with Crippen LogP contribution >= 0.6 is 23.2 Å². The minimum atomic E-state index is -0.459. The maximum Gasteiger partial charge on any atom is 0.265 e. The van der Waals surface area contributed by atoms with E-state index in [1.807, 2.05) is 18.2 Å². The molecule has 0 aliphatic carbocycles. The number of nitrogens with one attached hydrogen (secondary N) is 1. The zero-order valence-corrected chi connectivity index (χ0v) is 15.3. The summed E-state index contributed by atoms with van der Waals surface area (Å²) in [7, 11) is 0. The summed E-state index contributed by atoms with van der Waals surface area (Å²) < 4.78 is 5.45. The van der Waals surface area contributed by atoms with Crippen LogP contribution in [0, 0.1) is 0 Å². The van der Waals surface area contributed by atoms with Crippen LogP contribution in [0.4, 0.5) is 11.4 Å². The molecule has 2 aromatic rings. The summed E-state index contributed by atoms with van der Waals surface area (Å²) in [6.45, 7) is 0.703. The summed E-state index contributed by atoms with van der Waals surface area (Å²) >= 11 is 12.0. The molecule has 1 aliphatic heterocycles. The highest BCUT2D eigenvalue weighted by Gasteiger charge is 2.25. The van der Waals surface area contributed by atoms with Crippen molar-refractivity contribution in [2.24, 2.45) is 5.73 Å². The molecule has 1 aliphatic rings. The van der Waals surface area contributed by atoms with Gasteiger partial charge in [0.05, 0.1) is 15.7 Å². The number of primary amides is 1. The topological polar surface area (TPSA) is 84.7 Å². The highest BCUT2D eigenvalue weighted by atomic mass is 35.5. The van der Waals surface area contributed by atoms with Crippen LogP contribution in [-0.2, 0) is 16.1 Å². The summed E-state index contributed by atoms with van der Waals surface area (Å²) in [5.41, 5.74) is 7.58. The van der Waals surface area contributed by atoms with Crippen molar-refractivity contribution in [3.63, 3.8) is 0 Å². The summed E-state index contributed by atoms with van der Waals surface area (Å²) in [5.74, 6) is -0.0747. The number of ether oxygens (including phenoxy) is 1. The van der Waals surface area contributed by atoms with Crippen molar-refractivity contribution in [3.8, 4) is 5.75 Å². The summed E-state index contributed by atoms with van der Waals surface area (Å²) in [6.07, 6.45) is 0.0894. The Balaban J connectivity index is 1.76. The van der Waals surface area contributed by atoms with E-state index in [2.05, 4.69) is 5.32 Å². The fourth-order valence-electron chi connectivity index (χ4n) is 2.63. The molecule has 1 heterocycles. The Morgan fingerprint density at radius 1 is 1.19 bits per heavy atom. The Morgan fingerprint density at radius 3 is 2.73 bits per heavy atom. The molecule has 0 aromatic heterocycles. The van der Waals surface area contributed by atoms with Gasteiger partial charge >= 0.3 is 0 Å². The second kappa shape index (κ2) is 7.85. The van der Waals surface area contributed by atoms with E-state index in [0.717, 1.165) is 11.3 Å². The average molecular weight is 394 g/mol. The highest BCUT2D eigenvalue weighted by molar-refractivity contribution is 6.42. The monoisotopic (exact) mass is 393 g/mol. The third-order valence-electron chi connectivity index (χ3n) is 3.96. The number of nitrogens with zero attached hydrogens (tertiary/aromatic N) is 1. The lowest BCUT2D eigenvalue weighted by atomic mass is 10.1. The van der Waals surface area contributed by atoms with E-state index in [4.69, 9.17) is 33.7 Å². The second-order valence-electron chi connectivity index (χ2n) is 5.83. The van der Waals surface area contributed by atoms with Crippen molar-refractivity contribution >= 4 is 46.4 Å². The first-order valence-electron chi connectivity index (χ1n) is 7.97. The summed E-state index contributed by atoms with van der Waals surface area (Å²) in [5, 5.41) is 4.27. The van der Waals surface area contributed by atoms with Crippen LogP contribution in [0.5, 0.6) is 5.75 Å². The Labute approximate surface area is 160 Å². The van der Waals surface area contributed by atoms with Crippen molar-refractivity contribution in [2.45, 2.75) is 13.0 Å². The Morgan fingerprint density at radius 2 is 2.00 bits per heavy atom. The van der Waals surface area contributed by atoms with Crippen LogP contribution in [0.2, 0.25) is 10.0 Å². The molecule has 0 atom stereocenters. The number of benzene rings is 2. The fourth-order valence-corrected chi connectivity index (χ4v) is 2.95. The van der Waals surface area contributed by atoms with Crippen molar-refractivity contribution in [1.29, 1.82) is 0 Å². The lowest BCUT2D eigenvalue weighted by molar-refractivity contribution is -0.121. The molecule has 0 radical (unpaired) electrons. The lowest BCUT2D eigenvalue weighted by Crippen LogP contribution is -2.40. The number of hydrogen-bond acceptors (Lipinski definition) is 4. The molecule has 136 valence electrons. The van der Waals surface area contributed by atoms with Crippen molar-refractivity contribution < 1.29 is 14.3 Å². The fraction of sp³-hybridized carbons (Fsp3) is 0.222. The molecule has 2 amide bonds. The molecule has 0 fully saturated rings. The Hall–Kier alpha value is -2.44. The van der Waals surface area contributed by atoms with E-state index >= 15 is 0 Å². The van der Waals surface area contributed by atoms with Crippen LogP contribution < -0.4 is 20.7 Å². The van der Waals surface area contributed by atoms with Gasteiger partial charge in [-0.3, -0.25) is 9.59 Å². The maximum atomic E-state index is 12.1. The molecule has 0 unspecified atom stereocenters. The zero-order chi connectivity index (χ0) is 18.7. The van der Waals surface area contributed by atoms with Crippen LogP contribution in [-0.4, -0.2) is 25.0 Å². The van der Waals surface area contributed by atoms with Gasteiger partial charge in [0.2, 0.25) is 5.91 Å². The number of carbonyl (C=O) groups is 2. The van der Waals surface area contributed by atoms with E-state index in [1.165, 1.54) is 4.90 Å². The van der Waals surface area contributed by atoms with E-state index in [0.29, 0.717) is 28.0 Å². The molecular formula is C18H17Cl2N3O3. The van der Waals surface area contributed by atoms with Gasteiger partial charge in [-0.2, -0.15) is 0 Å². The van der Waals surface area contributed by atoms with Crippen molar-refractivity contribution in [1.82, 2.24) is 0 Å². The second-order valence-corrected chi connectivity index (χ2v) is 6.65. The molecule has 8 heteroatoms. The number of fused-ring (bicyclic) bond motifs is 1. The van der Waals surface area contributed by atoms with E-state index in [-0.39, 0.29) is 25.5 Å². The standard InChI is InChI=1S/C18H17Cl2N3O3/c19-13-3-1-11(7-14(13)20)9-22-12-2-4-16-15(8-12)23(6-5-17(21)24)18(25)10-26-16/h1-4,7-8,22H,5-6,9-10H2,(H2,21,24). The Bertz CT molecular complexity index is 858. The van der Waals surface area contributed by atoms with Gasteiger partial charge in [0.1, 0.15) is 5.75 Å². The molecule has 2 aromatic carbocycles. The van der Waals surface area contributed by atoms with Crippen molar-refractivity contribution in [2.75, 3.05) is 23.4 Å². The smallest absolute Gasteiger partial charge is 0.265 e. The molecule has 0 bridgehead atoms. The molecule has 26 heavy (non-hydrogen) atoms. The van der Waals surface area contributed by atoms with Gasteiger partial charge in [0, 0.05) is 25.2 Å². The van der Waals surface area contributed by atoms with Crippen LogP contribution in [0.15, 0.2) is 36.4 Å². The molecule has 3 N–H and O–H groups in total. The SMILES string of the molecule is NC(=O)CCN1C(=O)COc2ccc(NCc3ccc(Cl)c(Cl)c3)cc21. The lowest BCUT2D eigenvalue weighted by Gasteiger charge is -2.29. The summed E-state index contributed by atoms with van der Waals surface area (Å²) in [4.78, 5) is 24.7. The number of carbonyl (C=O) groups excluding carboxylic acids is 2. The van der Waals surface area contributed by atoms with Gasteiger partial charge in [-0.25, -0.2) is 0 Å². The van der Waals surface area contributed by atoms with E-state index in [1.54, 1.807) is 18.2 Å². The first kappa shape index (κ1) is 18.4. The molecular weight excluding hydrogens is 377 g/mol. The number of halogens is 2. The number of amides is 2. The van der Waals surface area contributed by atoms with Gasteiger partial charge in [-0.1, -0.05) is 29.3 Å². The van der Waals surface area contributed by atoms with Gasteiger partial charge in [0.15, 0.2) is 6.61 Å². The van der Waals surface area contributed by atoms with Gasteiger partial charge < -0.3 is 20.7 Å². The average Bonchev–Trinajstić information content (AvgIpc) is 2.61. The van der Waals surface area contributed by atoms with Gasteiger partial charge in [-0.05, 0) is 35.9 Å². The van der Waals surface area contributed by atoms with Crippen molar-refractivity contribution in [3.05, 3.63) is 52.0 Å². The third kappa shape index (κ3) is 4.20. The number of anilines is 2. The largest absolute Gasteiger partial charge is 0.482 e. The minimum absolute atomic E-state index is 0.0538. The van der Waals surface area contributed by atoms with Gasteiger partial charge in [0.25, 0.3) is 5.91 Å². The highest BCUT2D eigenvalue weighted by Crippen LogP contribution is 2.35. The van der Waals surface area contributed by atoms with Gasteiger partial charge in [-0.15, -0.1) is 0 Å². The molecule has 3 rings (SSSR count). The normalized spacial score (nSPS) is 13.2. The molecule has 0 saturated carbocycles. The summed E-state index contributed by atoms with van der Waals surface area (Å²) in [6, 6.07) is 10.9. The third-order valence-corrected chi connectivity index (χ3v) is 4.70. The maximum absolute atomic E-state index is 12.1. The quantitative estimate of drug-likeness (QED) is 0.788. The van der Waals surface area contributed by atoms with Crippen LogP contribution in [0.1, 0.15) is 12.0 Å². The minimum Gasteiger partial charge on any atom is -0.482 e. The Kier molecular flexibility index (Phi) is 5.54. The molecule has 0 saturated heterocycles. The van der Waals surface area contributed by atoms with Crippen LogP contribution in [0.25, 0.3) is 0 Å². The van der Waals surface area contributed by atoms with E-state index < -0.39 is 5.91 Å². The number of rotatable bonds is 6. The van der Waals surface area contributed by atoms with Crippen LogP contribution in [0.3, 0.4) is 0 Å². The number of nitrogens with two attached hydrogens (primary N) is 1. The first-order valence-corrected chi connectivity index (χ1v) is 8.73. The number of hydrogen-bond donors (Lipinski definition) is 2. The molecule has 6 nitrogen and oxygen atoms in total. The zero-order valence-electron chi connectivity index (χ0n) is 13.8. The first-order chi connectivity index (χ1) is 12.4. The predicted molar refractivity (Wildman–Crippen MR) is 102 cm³/mol. The predicted octanol–water partition coefficient (Wildman–Crippen LogP) is 3.21.